The molecule has 0 aliphatic heterocycles. The molecule has 0 radical (unpaired) electrons. The largest absolute Gasteiger partial charge is 0.376 e. The fraction of sp³-hybridized carbons (Fsp3) is 0.111. The molecule has 0 bridgehead atoms. The van der Waals surface area contributed by atoms with Gasteiger partial charge in [0.25, 0.3) is 0 Å². The first kappa shape index (κ1) is 8.32. The van der Waals surface area contributed by atoms with Crippen molar-refractivity contribution in [2.45, 2.75) is 6.10 Å². The van der Waals surface area contributed by atoms with Crippen molar-refractivity contribution in [2.75, 3.05) is 0 Å². The molecule has 0 aliphatic rings. The highest BCUT2D eigenvalue weighted by molar-refractivity contribution is 9.12. The van der Waals surface area contributed by atoms with Crippen LogP contribution in [0.4, 0.5) is 0 Å². The topological polar surface area (TPSA) is 20.2 Å². The zero-order valence-electron chi connectivity index (χ0n) is 5.79. The van der Waals surface area contributed by atoms with Gasteiger partial charge in [-0.2, -0.15) is 0 Å². The maximum Gasteiger partial charge on any atom is 0.141 e. The number of hydrogen-bond acceptors (Lipinski definition) is 1. The standard InChI is InChI=1S/C9H7BrO/c10-7-6-9(11)8-4-2-1-3-5-8/h1-5,9,11H/t9-/m1/s1. The van der Waals surface area contributed by atoms with Crippen LogP contribution in [0.15, 0.2) is 30.3 Å². The van der Waals surface area contributed by atoms with Crippen LogP contribution in [-0.4, -0.2) is 5.11 Å². The molecule has 0 saturated heterocycles. The summed E-state index contributed by atoms with van der Waals surface area (Å²) in [7, 11) is 0. The fourth-order valence-electron chi connectivity index (χ4n) is 0.770. The second-order valence-electron chi connectivity index (χ2n) is 2.05. The second kappa shape index (κ2) is 4.17. The maximum absolute atomic E-state index is 9.32. The first-order valence-corrected chi connectivity index (χ1v) is 3.98. The summed E-state index contributed by atoms with van der Waals surface area (Å²) in [4.78, 5) is 2.48. The molecular weight excluding hydrogens is 204 g/mol. The van der Waals surface area contributed by atoms with E-state index < -0.39 is 6.10 Å². The number of aliphatic hydroxyl groups is 1. The number of halogens is 1. The summed E-state index contributed by atoms with van der Waals surface area (Å²) in [6.45, 7) is 0. The number of benzene rings is 1. The zero-order chi connectivity index (χ0) is 8.10. The highest BCUT2D eigenvalue weighted by Gasteiger charge is 1.99. The first-order valence-electron chi connectivity index (χ1n) is 3.19. The van der Waals surface area contributed by atoms with Crippen LogP contribution in [0.25, 0.3) is 0 Å². The summed E-state index contributed by atoms with van der Waals surface area (Å²) in [5, 5.41) is 9.32. The van der Waals surface area contributed by atoms with Gasteiger partial charge in [-0.1, -0.05) is 36.3 Å². The third-order valence-corrected chi connectivity index (χ3v) is 1.54. The molecule has 56 valence electrons. The molecule has 1 aromatic carbocycles. The van der Waals surface area contributed by atoms with Gasteiger partial charge in [0.1, 0.15) is 6.10 Å². The highest BCUT2D eigenvalue weighted by atomic mass is 79.9. The summed E-state index contributed by atoms with van der Waals surface area (Å²) in [6.07, 6.45) is -0.685. The van der Waals surface area contributed by atoms with Gasteiger partial charge in [-0.05, 0) is 10.4 Å². The highest BCUT2D eigenvalue weighted by Crippen LogP contribution is 2.10. The van der Waals surface area contributed by atoms with E-state index in [9.17, 15) is 5.11 Å². The van der Waals surface area contributed by atoms with Crippen molar-refractivity contribution in [3.05, 3.63) is 35.9 Å². The Hall–Kier alpha value is -0.780. The van der Waals surface area contributed by atoms with Gasteiger partial charge in [-0.15, -0.1) is 0 Å². The van der Waals surface area contributed by atoms with Crippen molar-refractivity contribution in [1.82, 2.24) is 0 Å². The van der Waals surface area contributed by atoms with Gasteiger partial charge in [-0.25, -0.2) is 0 Å². The van der Waals surface area contributed by atoms with Crippen LogP contribution in [0.1, 0.15) is 11.7 Å². The van der Waals surface area contributed by atoms with Crippen LogP contribution in [0, 0.1) is 10.8 Å². The zero-order valence-corrected chi connectivity index (χ0v) is 7.38. The molecule has 0 amide bonds. The molecule has 1 nitrogen and oxygen atoms in total. The van der Waals surface area contributed by atoms with E-state index in [1.807, 2.05) is 30.3 Å². The fourth-order valence-corrected chi connectivity index (χ4v) is 0.987. The Labute approximate surface area is 74.2 Å². The minimum Gasteiger partial charge on any atom is -0.376 e. The quantitative estimate of drug-likeness (QED) is 0.705. The first-order chi connectivity index (χ1) is 5.34. The Morgan fingerprint density at radius 1 is 1.27 bits per heavy atom. The Balaban J connectivity index is 2.82. The molecule has 1 rings (SSSR count). The number of aliphatic hydroxyl groups excluding tert-OH is 1. The predicted octanol–water partition coefficient (Wildman–Crippen LogP) is 2.08. The van der Waals surface area contributed by atoms with E-state index in [4.69, 9.17) is 0 Å². The third kappa shape index (κ3) is 2.38. The molecule has 0 spiro atoms. The molecule has 0 heterocycles. The lowest BCUT2D eigenvalue weighted by Crippen LogP contribution is -1.91. The van der Waals surface area contributed by atoms with Crippen LogP contribution in [0.5, 0.6) is 0 Å². The van der Waals surface area contributed by atoms with Gasteiger partial charge in [0.15, 0.2) is 0 Å². The minimum absolute atomic E-state index is 0.685. The van der Waals surface area contributed by atoms with Gasteiger partial charge < -0.3 is 5.11 Å². The van der Waals surface area contributed by atoms with Crippen molar-refractivity contribution in [3.8, 4) is 10.8 Å². The molecule has 0 unspecified atom stereocenters. The SMILES string of the molecule is O[C@H](C#CBr)c1ccccc1. The molecule has 1 aromatic rings. The maximum atomic E-state index is 9.32. The third-order valence-electron chi connectivity index (χ3n) is 1.31. The van der Waals surface area contributed by atoms with Gasteiger partial charge in [0.05, 0.1) is 0 Å². The van der Waals surface area contributed by atoms with E-state index in [0.717, 1.165) is 5.56 Å². The molecule has 0 fully saturated rings. The molecular formula is C9H7BrO. The summed E-state index contributed by atoms with van der Waals surface area (Å²) in [5.74, 6) is 2.58. The van der Waals surface area contributed by atoms with E-state index in [1.165, 1.54) is 0 Å². The Bertz CT molecular complexity index is 271. The summed E-state index contributed by atoms with van der Waals surface area (Å²) in [6, 6.07) is 9.31. The average molecular weight is 211 g/mol. The Morgan fingerprint density at radius 3 is 2.45 bits per heavy atom. The number of rotatable bonds is 1. The molecule has 0 aromatic heterocycles. The Kier molecular flexibility index (Phi) is 3.15. The van der Waals surface area contributed by atoms with Crippen molar-refractivity contribution in [3.63, 3.8) is 0 Å². The van der Waals surface area contributed by atoms with Gasteiger partial charge >= 0.3 is 0 Å². The average Bonchev–Trinajstić information content (AvgIpc) is 2.07. The summed E-state index contributed by atoms with van der Waals surface area (Å²) in [5.41, 5.74) is 0.819. The van der Waals surface area contributed by atoms with Crippen molar-refractivity contribution in [1.29, 1.82) is 0 Å². The smallest absolute Gasteiger partial charge is 0.141 e. The van der Waals surface area contributed by atoms with Gasteiger partial charge in [0, 0.05) is 15.9 Å². The van der Waals surface area contributed by atoms with E-state index in [2.05, 4.69) is 26.7 Å². The monoisotopic (exact) mass is 210 g/mol. The van der Waals surface area contributed by atoms with E-state index in [1.54, 1.807) is 0 Å². The lowest BCUT2D eigenvalue weighted by Gasteiger charge is -2.00. The summed E-state index contributed by atoms with van der Waals surface area (Å²) < 4.78 is 0. The van der Waals surface area contributed by atoms with Gasteiger partial charge in [0.2, 0.25) is 0 Å². The molecule has 2 heteroatoms. The van der Waals surface area contributed by atoms with Crippen LogP contribution in [0.2, 0.25) is 0 Å². The molecule has 0 aliphatic carbocycles. The number of hydrogen-bond donors (Lipinski definition) is 1. The van der Waals surface area contributed by atoms with Crippen LogP contribution < -0.4 is 0 Å². The van der Waals surface area contributed by atoms with Crippen molar-refractivity contribution < 1.29 is 5.11 Å². The normalized spacial score (nSPS) is 11.5. The van der Waals surface area contributed by atoms with E-state index in [-0.39, 0.29) is 0 Å². The van der Waals surface area contributed by atoms with Crippen LogP contribution in [0.3, 0.4) is 0 Å². The van der Waals surface area contributed by atoms with Crippen LogP contribution in [-0.2, 0) is 0 Å². The molecule has 1 atom stereocenters. The minimum atomic E-state index is -0.685. The summed E-state index contributed by atoms with van der Waals surface area (Å²) >= 11 is 2.93. The lowest BCUT2D eigenvalue weighted by atomic mass is 10.1. The molecule has 11 heavy (non-hydrogen) atoms. The van der Waals surface area contributed by atoms with Crippen molar-refractivity contribution >= 4 is 15.9 Å². The lowest BCUT2D eigenvalue weighted by molar-refractivity contribution is 0.238. The second-order valence-corrected chi connectivity index (χ2v) is 2.45. The molecule has 0 saturated carbocycles. The van der Waals surface area contributed by atoms with E-state index in [0.29, 0.717) is 0 Å². The molecule has 1 N–H and O–H groups in total. The predicted molar refractivity (Wildman–Crippen MR) is 48.1 cm³/mol. The van der Waals surface area contributed by atoms with Gasteiger partial charge in [-0.3, -0.25) is 0 Å². The van der Waals surface area contributed by atoms with E-state index >= 15 is 0 Å². The Morgan fingerprint density at radius 2 is 1.91 bits per heavy atom. The van der Waals surface area contributed by atoms with Crippen LogP contribution >= 0.6 is 15.9 Å². The van der Waals surface area contributed by atoms with Crippen molar-refractivity contribution in [2.24, 2.45) is 0 Å².